The van der Waals surface area contributed by atoms with Gasteiger partial charge in [-0.05, 0) is 26.0 Å². The van der Waals surface area contributed by atoms with Crippen molar-refractivity contribution in [2.75, 3.05) is 18.9 Å². The molecular weight excluding hydrogens is 408 g/mol. The maximum absolute atomic E-state index is 12.9. The zero-order valence-corrected chi connectivity index (χ0v) is 16.3. The van der Waals surface area contributed by atoms with Gasteiger partial charge in [0.25, 0.3) is 5.54 Å². The maximum atomic E-state index is 12.9. The molecule has 9 heteroatoms. The standard InChI is InChI=1S/C17H21BrN2O6/c1-4-25-15(23)17(20-10(3)21,16(24)26-5-2)14(18)13(22)11-8-6-7-9-12(11)19/h6-9,14H,4-5,19H2,1-3H3,(H,20,21). The summed E-state index contributed by atoms with van der Waals surface area (Å²) in [4.78, 5) is 48.4. The monoisotopic (exact) mass is 428 g/mol. The fraction of sp³-hybridized carbons (Fsp3) is 0.412. The zero-order valence-electron chi connectivity index (χ0n) is 14.7. The van der Waals surface area contributed by atoms with Gasteiger partial charge in [-0.2, -0.15) is 0 Å². The molecule has 0 saturated carbocycles. The van der Waals surface area contributed by atoms with Crippen LogP contribution < -0.4 is 11.1 Å². The van der Waals surface area contributed by atoms with Crippen LogP contribution in [0.4, 0.5) is 5.69 Å². The van der Waals surface area contributed by atoms with Crippen LogP contribution in [0.15, 0.2) is 24.3 Å². The highest BCUT2D eigenvalue weighted by molar-refractivity contribution is 9.10. The number of carbonyl (C=O) groups excluding carboxylic acids is 4. The van der Waals surface area contributed by atoms with Crippen molar-refractivity contribution in [1.82, 2.24) is 5.32 Å². The number of ketones is 1. The number of esters is 2. The van der Waals surface area contributed by atoms with Gasteiger partial charge in [-0.15, -0.1) is 0 Å². The van der Waals surface area contributed by atoms with Gasteiger partial charge in [0, 0.05) is 18.2 Å². The van der Waals surface area contributed by atoms with Gasteiger partial charge in [-0.25, -0.2) is 9.59 Å². The van der Waals surface area contributed by atoms with E-state index in [1.807, 2.05) is 0 Å². The number of carbonyl (C=O) groups is 4. The van der Waals surface area contributed by atoms with E-state index in [0.717, 1.165) is 6.92 Å². The van der Waals surface area contributed by atoms with Gasteiger partial charge >= 0.3 is 11.9 Å². The van der Waals surface area contributed by atoms with Gasteiger partial charge < -0.3 is 20.5 Å². The van der Waals surface area contributed by atoms with E-state index in [-0.39, 0.29) is 24.5 Å². The molecule has 0 fully saturated rings. The van der Waals surface area contributed by atoms with Crippen LogP contribution in [0.2, 0.25) is 0 Å². The van der Waals surface area contributed by atoms with E-state index < -0.39 is 34.0 Å². The molecule has 0 aliphatic rings. The number of amides is 1. The SMILES string of the molecule is CCOC(=O)C(NC(C)=O)(C(=O)OCC)C(Br)C(=O)c1ccccc1N. The van der Waals surface area contributed by atoms with Crippen molar-refractivity contribution >= 4 is 45.2 Å². The molecule has 8 nitrogen and oxygen atoms in total. The van der Waals surface area contributed by atoms with Crippen LogP contribution >= 0.6 is 15.9 Å². The number of hydrogen-bond donors (Lipinski definition) is 2. The Balaban J connectivity index is 3.51. The van der Waals surface area contributed by atoms with Crippen molar-refractivity contribution in [2.24, 2.45) is 0 Å². The molecule has 142 valence electrons. The average molecular weight is 429 g/mol. The van der Waals surface area contributed by atoms with Crippen molar-refractivity contribution in [3.63, 3.8) is 0 Å². The third kappa shape index (κ3) is 4.40. The summed E-state index contributed by atoms with van der Waals surface area (Å²) in [6, 6.07) is 6.16. The number of alkyl halides is 1. The minimum absolute atomic E-state index is 0.0685. The smallest absolute Gasteiger partial charge is 0.345 e. The van der Waals surface area contributed by atoms with Crippen molar-refractivity contribution in [3.05, 3.63) is 29.8 Å². The fourth-order valence-corrected chi connectivity index (χ4v) is 3.01. The second-order valence-electron chi connectivity index (χ2n) is 5.24. The summed E-state index contributed by atoms with van der Waals surface area (Å²) < 4.78 is 9.89. The summed E-state index contributed by atoms with van der Waals surface area (Å²) in [7, 11) is 0. The largest absolute Gasteiger partial charge is 0.464 e. The highest BCUT2D eigenvalue weighted by atomic mass is 79.9. The van der Waals surface area contributed by atoms with E-state index >= 15 is 0 Å². The molecule has 1 unspecified atom stereocenters. The lowest BCUT2D eigenvalue weighted by Gasteiger charge is -2.33. The van der Waals surface area contributed by atoms with Crippen molar-refractivity contribution in [1.29, 1.82) is 0 Å². The van der Waals surface area contributed by atoms with Gasteiger partial charge in [0.1, 0.15) is 4.83 Å². The van der Waals surface area contributed by atoms with Crippen molar-refractivity contribution < 1.29 is 28.7 Å². The molecule has 3 N–H and O–H groups in total. The minimum atomic E-state index is -2.39. The van der Waals surface area contributed by atoms with Crippen LogP contribution in [0.25, 0.3) is 0 Å². The summed E-state index contributed by atoms with van der Waals surface area (Å²) in [5, 5.41) is 2.24. The normalized spacial score (nSPS) is 12.0. The van der Waals surface area contributed by atoms with E-state index in [1.165, 1.54) is 26.0 Å². The lowest BCUT2D eigenvalue weighted by Crippen LogP contribution is -2.68. The molecular formula is C17H21BrN2O6. The predicted molar refractivity (Wildman–Crippen MR) is 97.7 cm³/mol. The topological polar surface area (TPSA) is 125 Å². The first kappa shape index (κ1) is 21.6. The van der Waals surface area contributed by atoms with Gasteiger partial charge in [-0.3, -0.25) is 9.59 Å². The summed E-state index contributed by atoms with van der Waals surface area (Å²) in [5.74, 6) is -3.63. The van der Waals surface area contributed by atoms with Crippen LogP contribution in [0.3, 0.4) is 0 Å². The second-order valence-corrected chi connectivity index (χ2v) is 6.16. The number of rotatable bonds is 8. The highest BCUT2D eigenvalue weighted by Gasteiger charge is 2.58. The number of nitrogen functional groups attached to an aromatic ring is 1. The lowest BCUT2D eigenvalue weighted by molar-refractivity contribution is -0.167. The van der Waals surface area contributed by atoms with E-state index in [0.29, 0.717) is 0 Å². The van der Waals surface area contributed by atoms with Crippen LogP contribution in [0.1, 0.15) is 31.1 Å². The Morgan fingerprint density at radius 2 is 1.62 bits per heavy atom. The second kappa shape index (κ2) is 9.33. The van der Waals surface area contributed by atoms with Gasteiger partial charge in [0.2, 0.25) is 5.91 Å². The third-order valence-electron chi connectivity index (χ3n) is 3.40. The van der Waals surface area contributed by atoms with Crippen LogP contribution in [0, 0.1) is 0 Å². The average Bonchev–Trinajstić information content (AvgIpc) is 2.59. The van der Waals surface area contributed by atoms with Gasteiger partial charge in [0.15, 0.2) is 5.78 Å². The number of ether oxygens (including phenoxy) is 2. The first-order valence-electron chi connectivity index (χ1n) is 7.88. The van der Waals surface area contributed by atoms with Crippen LogP contribution in [0.5, 0.6) is 0 Å². The summed E-state index contributed by atoms with van der Waals surface area (Å²) in [5.41, 5.74) is 3.66. The number of benzene rings is 1. The predicted octanol–water partition coefficient (Wildman–Crippen LogP) is 1.22. The van der Waals surface area contributed by atoms with Gasteiger partial charge in [-0.1, -0.05) is 28.1 Å². The molecule has 1 atom stereocenters. The summed E-state index contributed by atoms with van der Waals surface area (Å²) in [6.45, 7) is 4.03. The number of hydrogen-bond acceptors (Lipinski definition) is 7. The molecule has 0 radical (unpaired) electrons. The molecule has 0 aromatic heterocycles. The number of nitrogens with one attached hydrogen (secondary N) is 1. The third-order valence-corrected chi connectivity index (χ3v) is 4.51. The van der Waals surface area contributed by atoms with E-state index in [1.54, 1.807) is 12.1 Å². The lowest BCUT2D eigenvalue weighted by atomic mass is 9.89. The quantitative estimate of drug-likeness (QED) is 0.209. The number of nitrogens with two attached hydrogens (primary N) is 1. The Morgan fingerprint density at radius 3 is 2.04 bits per heavy atom. The molecule has 26 heavy (non-hydrogen) atoms. The molecule has 0 aliphatic heterocycles. The molecule has 0 saturated heterocycles. The molecule has 0 heterocycles. The fourth-order valence-electron chi connectivity index (χ4n) is 2.28. The zero-order chi connectivity index (χ0) is 19.9. The molecule has 1 rings (SSSR count). The van der Waals surface area contributed by atoms with Crippen molar-refractivity contribution in [2.45, 2.75) is 31.1 Å². The highest BCUT2D eigenvalue weighted by Crippen LogP contribution is 2.28. The first-order valence-corrected chi connectivity index (χ1v) is 8.79. The first-order chi connectivity index (χ1) is 12.2. The molecule has 1 amide bonds. The molecule has 0 aliphatic carbocycles. The Labute approximate surface area is 159 Å². The number of Topliss-reactive ketones (excluding diaryl/α,β-unsaturated/α-hetero) is 1. The minimum Gasteiger partial charge on any atom is -0.464 e. The Morgan fingerprint density at radius 1 is 1.12 bits per heavy atom. The van der Waals surface area contributed by atoms with E-state index in [9.17, 15) is 19.2 Å². The Kier molecular flexibility index (Phi) is 7.76. The van der Waals surface area contributed by atoms with E-state index in [4.69, 9.17) is 15.2 Å². The number of halogens is 1. The van der Waals surface area contributed by atoms with Gasteiger partial charge in [0.05, 0.1) is 13.2 Å². The van der Waals surface area contributed by atoms with Crippen molar-refractivity contribution in [3.8, 4) is 0 Å². The molecule has 1 aromatic carbocycles. The Bertz CT molecular complexity index is 688. The van der Waals surface area contributed by atoms with E-state index in [2.05, 4.69) is 21.2 Å². The molecule has 0 bridgehead atoms. The number of para-hydroxylation sites is 1. The molecule has 1 aromatic rings. The van der Waals surface area contributed by atoms with Crippen LogP contribution in [-0.4, -0.2) is 47.2 Å². The summed E-state index contributed by atoms with van der Waals surface area (Å²) >= 11 is 3.09. The maximum Gasteiger partial charge on any atom is 0.345 e. The molecule has 0 spiro atoms. The summed E-state index contributed by atoms with van der Waals surface area (Å²) in [6.07, 6.45) is 0. The Hall–Kier alpha value is -2.42. The number of anilines is 1. The van der Waals surface area contributed by atoms with Crippen LogP contribution in [-0.2, 0) is 23.9 Å².